The first-order valence-corrected chi connectivity index (χ1v) is 14.6. The molecule has 198 valence electrons. The maximum Gasteiger partial charge on any atom is 0.310 e. The predicted octanol–water partition coefficient (Wildman–Crippen LogP) is 9.46. The summed E-state index contributed by atoms with van der Waals surface area (Å²) in [5.41, 5.74) is 2.16. The zero-order valence-electron chi connectivity index (χ0n) is 24.2. The number of carboxylic acids is 1. The molecular formula is C33H54O2. The van der Waals surface area contributed by atoms with E-state index >= 15 is 0 Å². The summed E-state index contributed by atoms with van der Waals surface area (Å²) in [5.74, 6) is 1.04. The highest BCUT2D eigenvalue weighted by Gasteiger charge is 2.67. The summed E-state index contributed by atoms with van der Waals surface area (Å²) in [6.45, 7) is 23.9. The second kappa shape index (κ2) is 8.49. The van der Waals surface area contributed by atoms with Crippen molar-refractivity contribution < 1.29 is 9.90 Å². The minimum absolute atomic E-state index is 0.107. The van der Waals surface area contributed by atoms with Crippen molar-refractivity contribution in [3.05, 3.63) is 24.3 Å². The van der Waals surface area contributed by atoms with E-state index in [-0.39, 0.29) is 22.2 Å². The molecule has 3 saturated carbocycles. The Morgan fingerprint density at radius 3 is 2.34 bits per heavy atom. The molecule has 2 heteroatoms. The number of allylic oxidation sites excluding steroid dienone is 3. The normalized spacial score (nSPS) is 44.9. The van der Waals surface area contributed by atoms with Gasteiger partial charge in [0.1, 0.15) is 0 Å². The number of aliphatic carboxylic acids is 1. The van der Waals surface area contributed by atoms with Gasteiger partial charge in [0.15, 0.2) is 0 Å². The van der Waals surface area contributed by atoms with Gasteiger partial charge in [-0.25, -0.2) is 0 Å². The Hall–Kier alpha value is -1.05. The summed E-state index contributed by atoms with van der Waals surface area (Å²) >= 11 is 0. The highest BCUT2D eigenvalue weighted by molar-refractivity contribution is 5.76. The van der Waals surface area contributed by atoms with E-state index in [1.165, 1.54) is 25.7 Å². The predicted molar refractivity (Wildman–Crippen MR) is 147 cm³/mol. The van der Waals surface area contributed by atoms with Crippen LogP contribution in [0.25, 0.3) is 0 Å². The fourth-order valence-corrected chi connectivity index (χ4v) is 10.4. The van der Waals surface area contributed by atoms with Crippen LogP contribution in [0, 0.1) is 50.2 Å². The van der Waals surface area contributed by atoms with Gasteiger partial charge in [0.25, 0.3) is 0 Å². The van der Waals surface area contributed by atoms with Gasteiger partial charge in [0, 0.05) is 0 Å². The maximum absolute atomic E-state index is 12.8. The first-order valence-electron chi connectivity index (χ1n) is 14.6. The van der Waals surface area contributed by atoms with Crippen LogP contribution in [0.1, 0.15) is 126 Å². The second-order valence-corrected chi connectivity index (χ2v) is 15.7. The third-order valence-electron chi connectivity index (χ3n) is 12.5. The van der Waals surface area contributed by atoms with Gasteiger partial charge in [0.2, 0.25) is 0 Å². The van der Waals surface area contributed by atoms with Crippen LogP contribution < -0.4 is 0 Å². The average Bonchev–Trinajstić information content (AvgIpc) is 2.73. The molecule has 3 fully saturated rings. The molecule has 0 heterocycles. The molecule has 35 heavy (non-hydrogen) atoms. The maximum atomic E-state index is 12.8. The van der Waals surface area contributed by atoms with E-state index in [2.05, 4.69) is 74.1 Å². The molecule has 0 radical (unpaired) electrons. The van der Waals surface area contributed by atoms with Crippen LogP contribution >= 0.6 is 0 Å². The number of hydrogen-bond acceptors (Lipinski definition) is 1. The second-order valence-electron chi connectivity index (χ2n) is 15.7. The van der Waals surface area contributed by atoms with Gasteiger partial charge in [-0.3, -0.25) is 4.79 Å². The fourth-order valence-electron chi connectivity index (χ4n) is 10.4. The van der Waals surface area contributed by atoms with Crippen molar-refractivity contribution >= 4 is 5.97 Å². The molecule has 0 aromatic heterocycles. The molecule has 0 aromatic carbocycles. The van der Waals surface area contributed by atoms with Crippen LogP contribution in [0.2, 0.25) is 0 Å². The number of hydrogen-bond donors (Lipinski definition) is 1. The van der Waals surface area contributed by atoms with E-state index in [0.29, 0.717) is 22.7 Å². The SMILES string of the molecule is C=CCCCC1(C)C(C(C)(C)C)CCC2(C)C1CC=C1C3CC(C)(C)CC[C@]3(C(=O)O)CC[C@]12C. The molecule has 4 aliphatic carbocycles. The van der Waals surface area contributed by atoms with E-state index in [9.17, 15) is 9.90 Å². The molecule has 0 aliphatic heterocycles. The van der Waals surface area contributed by atoms with Crippen molar-refractivity contribution in [2.75, 3.05) is 0 Å². The summed E-state index contributed by atoms with van der Waals surface area (Å²) < 4.78 is 0. The van der Waals surface area contributed by atoms with Crippen LogP contribution in [0.15, 0.2) is 24.3 Å². The highest BCUT2D eigenvalue weighted by atomic mass is 16.4. The Bertz CT molecular complexity index is 889. The minimum atomic E-state index is -0.542. The molecule has 4 aliphatic rings. The van der Waals surface area contributed by atoms with Gasteiger partial charge in [-0.2, -0.15) is 0 Å². The van der Waals surface area contributed by atoms with Crippen LogP contribution in [0.3, 0.4) is 0 Å². The fraction of sp³-hybridized carbons (Fsp3) is 0.848. The highest BCUT2D eigenvalue weighted by Crippen LogP contribution is 2.74. The monoisotopic (exact) mass is 482 g/mol. The minimum Gasteiger partial charge on any atom is -0.481 e. The van der Waals surface area contributed by atoms with Gasteiger partial charge in [-0.05, 0) is 115 Å². The molecule has 2 nitrogen and oxygen atoms in total. The van der Waals surface area contributed by atoms with Crippen LogP contribution in [-0.4, -0.2) is 11.1 Å². The van der Waals surface area contributed by atoms with E-state index in [4.69, 9.17) is 0 Å². The van der Waals surface area contributed by atoms with Crippen LogP contribution in [0.4, 0.5) is 0 Å². The molecule has 0 saturated heterocycles. The number of unbranched alkanes of at least 4 members (excludes halogenated alkanes) is 1. The largest absolute Gasteiger partial charge is 0.481 e. The molecule has 4 rings (SSSR count). The number of fused-ring (bicyclic) bond motifs is 5. The average molecular weight is 483 g/mol. The molecule has 0 spiro atoms. The molecule has 1 N–H and O–H groups in total. The smallest absolute Gasteiger partial charge is 0.310 e. The Labute approximate surface area is 216 Å². The lowest BCUT2D eigenvalue weighted by molar-refractivity contribution is -0.179. The molecule has 0 aromatic rings. The van der Waals surface area contributed by atoms with Gasteiger partial charge >= 0.3 is 5.97 Å². The summed E-state index contributed by atoms with van der Waals surface area (Å²) in [6.07, 6.45) is 16.8. The number of rotatable bonds is 5. The molecule has 0 amide bonds. The van der Waals surface area contributed by atoms with Crippen molar-refractivity contribution in [2.45, 2.75) is 126 Å². The number of carboxylic acid groups (broad SMARTS) is 1. The van der Waals surface area contributed by atoms with Crippen molar-refractivity contribution in [3.63, 3.8) is 0 Å². The summed E-state index contributed by atoms with van der Waals surface area (Å²) in [6, 6.07) is 0. The topological polar surface area (TPSA) is 37.3 Å². The Balaban J connectivity index is 1.81. The molecule has 5 unspecified atom stereocenters. The van der Waals surface area contributed by atoms with Crippen LogP contribution in [-0.2, 0) is 4.79 Å². The van der Waals surface area contributed by atoms with E-state index in [1.54, 1.807) is 5.57 Å². The first kappa shape index (κ1) is 27.0. The quantitative estimate of drug-likeness (QED) is 0.313. The van der Waals surface area contributed by atoms with Crippen molar-refractivity contribution in [3.8, 4) is 0 Å². The third-order valence-corrected chi connectivity index (χ3v) is 12.5. The van der Waals surface area contributed by atoms with E-state index in [0.717, 1.165) is 44.9 Å². The Morgan fingerprint density at radius 2 is 1.74 bits per heavy atom. The van der Waals surface area contributed by atoms with E-state index in [1.807, 2.05) is 0 Å². The summed E-state index contributed by atoms with van der Waals surface area (Å²) in [5, 5.41) is 10.6. The number of carbonyl (C=O) groups is 1. The van der Waals surface area contributed by atoms with Crippen molar-refractivity contribution in [1.29, 1.82) is 0 Å². The lowest BCUT2D eigenvalue weighted by atomic mass is 9.34. The van der Waals surface area contributed by atoms with Crippen molar-refractivity contribution in [2.24, 2.45) is 50.2 Å². The first-order chi connectivity index (χ1) is 16.1. The molecular weight excluding hydrogens is 428 g/mol. The zero-order valence-corrected chi connectivity index (χ0v) is 24.2. The van der Waals surface area contributed by atoms with Gasteiger partial charge in [0.05, 0.1) is 5.41 Å². The lowest BCUT2D eigenvalue weighted by Gasteiger charge is -2.69. The summed E-state index contributed by atoms with van der Waals surface area (Å²) in [4.78, 5) is 12.8. The van der Waals surface area contributed by atoms with Gasteiger partial charge in [-0.1, -0.05) is 73.1 Å². The van der Waals surface area contributed by atoms with Crippen LogP contribution in [0.5, 0.6) is 0 Å². The Morgan fingerprint density at radius 1 is 1.09 bits per heavy atom. The van der Waals surface area contributed by atoms with Gasteiger partial charge < -0.3 is 5.11 Å². The van der Waals surface area contributed by atoms with E-state index < -0.39 is 11.4 Å². The lowest BCUT2D eigenvalue weighted by Crippen LogP contribution is -2.63. The standard InChI is InChI=1S/C33H54O2/c1-10-11-12-16-30(7)25(28(2,3)4)15-17-32(9)26(30)14-13-23-24-22-29(5,6)18-20-33(24,27(34)35)21-19-31(23,32)8/h10,13,24-26H,1,11-12,14-22H2,2-9H3,(H,34,35)/t24?,25?,26?,30?,31-,32?,33+/m1/s1. The molecule has 7 atom stereocenters. The van der Waals surface area contributed by atoms with Crippen molar-refractivity contribution in [1.82, 2.24) is 0 Å². The summed E-state index contributed by atoms with van der Waals surface area (Å²) in [7, 11) is 0. The third kappa shape index (κ3) is 3.90. The zero-order chi connectivity index (χ0) is 26.1. The van der Waals surface area contributed by atoms with Gasteiger partial charge in [-0.15, -0.1) is 6.58 Å². The molecule has 0 bridgehead atoms. The Kier molecular flexibility index (Phi) is 6.55.